The smallest absolute Gasteiger partial charge is 0.348 e. The highest BCUT2D eigenvalue weighted by molar-refractivity contribution is 7.99. The van der Waals surface area contributed by atoms with E-state index in [1.165, 1.54) is 28.6 Å². The summed E-state index contributed by atoms with van der Waals surface area (Å²) in [5.41, 5.74) is 0.272. The second kappa shape index (κ2) is 4.82. The van der Waals surface area contributed by atoms with E-state index >= 15 is 0 Å². The van der Waals surface area contributed by atoms with Crippen molar-refractivity contribution in [1.82, 2.24) is 19.6 Å². The number of aromatic carboxylic acids is 1. The molecule has 0 radical (unpaired) electrons. The van der Waals surface area contributed by atoms with Crippen molar-refractivity contribution in [3.8, 4) is 0 Å². The van der Waals surface area contributed by atoms with E-state index < -0.39 is 5.97 Å². The molecule has 0 aliphatic heterocycles. The molecule has 3 rings (SSSR count). The van der Waals surface area contributed by atoms with Gasteiger partial charge in [-0.1, -0.05) is 23.9 Å². The third kappa shape index (κ3) is 2.16. The average molecular weight is 288 g/mol. The summed E-state index contributed by atoms with van der Waals surface area (Å²) < 4.78 is 1.27. The molecule has 2 heterocycles. The number of rotatable bonds is 3. The van der Waals surface area contributed by atoms with Gasteiger partial charge in [0.1, 0.15) is 11.4 Å². The molecular weight excluding hydrogens is 280 g/mol. The molecule has 0 fully saturated rings. The van der Waals surface area contributed by atoms with E-state index in [4.69, 9.17) is 5.11 Å². The molecule has 20 heavy (non-hydrogen) atoms. The summed E-state index contributed by atoms with van der Waals surface area (Å²) in [5.74, 6) is -0.995. The molecule has 1 aromatic carbocycles. The average Bonchev–Trinajstić information content (AvgIpc) is 2.80. The molecule has 7 nitrogen and oxygen atoms in total. The number of nitrogens with zero attached hydrogens (tertiary/aromatic N) is 3. The summed E-state index contributed by atoms with van der Waals surface area (Å²) in [6, 6.07) is 8.27. The standard InChI is InChI=1S/C12H8N4O3S/c17-11(18)7-3-1-2-4-8(7)20-10-5-9-14-15-12(19)16(9)6-13-10/h1-6H,(H,15,19)(H,17,18). The Kier molecular flexibility index (Phi) is 2.99. The van der Waals surface area contributed by atoms with E-state index in [1.54, 1.807) is 24.3 Å². The van der Waals surface area contributed by atoms with E-state index in [0.29, 0.717) is 15.6 Å². The molecule has 8 heteroatoms. The number of nitrogens with one attached hydrogen (secondary N) is 1. The van der Waals surface area contributed by atoms with E-state index in [2.05, 4.69) is 15.2 Å². The summed E-state index contributed by atoms with van der Waals surface area (Å²) in [4.78, 5) is 27.1. The topological polar surface area (TPSA) is 100 Å². The maximum atomic E-state index is 11.3. The molecule has 2 N–H and O–H groups in total. The van der Waals surface area contributed by atoms with Crippen molar-refractivity contribution in [3.05, 3.63) is 52.7 Å². The van der Waals surface area contributed by atoms with Gasteiger partial charge in [0.05, 0.1) is 5.56 Å². The number of aromatic nitrogens is 4. The van der Waals surface area contributed by atoms with Crippen LogP contribution in [0, 0.1) is 0 Å². The van der Waals surface area contributed by atoms with Crippen LogP contribution in [0.2, 0.25) is 0 Å². The minimum Gasteiger partial charge on any atom is -0.478 e. The number of carboxylic acids is 1. The van der Waals surface area contributed by atoms with Crippen LogP contribution in [0.15, 0.2) is 51.4 Å². The Hall–Kier alpha value is -2.61. The molecule has 100 valence electrons. The van der Waals surface area contributed by atoms with Gasteiger partial charge in [-0.25, -0.2) is 24.1 Å². The van der Waals surface area contributed by atoms with Crippen molar-refractivity contribution in [2.45, 2.75) is 9.92 Å². The fourth-order valence-electron chi connectivity index (χ4n) is 1.69. The van der Waals surface area contributed by atoms with Gasteiger partial charge in [-0.2, -0.15) is 5.10 Å². The van der Waals surface area contributed by atoms with Gasteiger partial charge in [-0.05, 0) is 12.1 Å². The van der Waals surface area contributed by atoms with E-state index in [0.717, 1.165) is 0 Å². The zero-order chi connectivity index (χ0) is 14.1. The molecule has 3 aromatic rings. The van der Waals surface area contributed by atoms with Crippen LogP contribution < -0.4 is 5.69 Å². The number of benzene rings is 1. The normalized spacial score (nSPS) is 10.8. The van der Waals surface area contributed by atoms with Gasteiger partial charge in [-0.3, -0.25) is 0 Å². The predicted molar refractivity (Wildman–Crippen MR) is 71.1 cm³/mol. The van der Waals surface area contributed by atoms with Crippen LogP contribution in [0.5, 0.6) is 0 Å². The Labute approximate surface area is 116 Å². The van der Waals surface area contributed by atoms with Crippen molar-refractivity contribution in [1.29, 1.82) is 0 Å². The lowest BCUT2D eigenvalue weighted by Gasteiger charge is -2.04. The van der Waals surface area contributed by atoms with Crippen molar-refractivity contribution in [3.63, 3.8) is 0 Å². The number of carbonyl (C=O) groups is 1. The quantitative estimate of drug-likeness (QED) is 0.704. The predicted octanol–water partition coefficient (Wildman–Crippen LogP) is 1.27. The van der Waals surface area contributed by atoms with Crippen LogP contribution in [-0.2, 0) is 0 Å². The first kappa shape index (κ1) is 12.4. The van der Waals surface area contributed by atoms with Gasteiger partial charge in [0.15, 0.2) is 5.65 Å². The van der Waals surface area contributed by atoms with E-state index in [1.807, 2.05) is 0 Å². The second-order valence-corrected chi connectivity index (χ2v) is 4.95. The lowest BCUT2D eigenvalue weighted by molar-refractivity contribution is 0.0693. The minimum absolute atomic E-state index is 0.207. The zero-order valence-electron chi connectivity index (χ0n) is 9.98. The molecule has 0 bridgehead atoms. The number of hydrogen-bond donors (Lipinski definition) is 2. The van der Waals surface area contributed by atoms with Crippen LogP contribution >= 0.6 is 11.8 Å². The minimum atomic E-state index is -0.995. The van der Waals surface area contributed by atoms with Crippen LogP contribution in [-0.4, -0.2) is 30.7 Å². The third-order valence-corrected chi connectivity index (χ3v) is 3.63. The molecule has 0 saturated carbocycles. The molecule has 0 aliphatic rings. The Balaban J connectivity index is 2.01. The largest absolute Gasteiger partial charge is 0.478 e. The molecule has 0 amide bonds. The first-order valence-electron chi connectivity index (χ1n) is 5.58. The molecular formula is C12H8N4O3S. The molecule has 0 saturated heterocycles. The molecule has 0 spiro atoms. The second-order valence-electron chi connectivity index (χ2n) is 3.89. The van der Waals surface area contributed by atoms with Crippen molar-refractivity contribution >= 4 is 23.4 Å². The fraction of sp³-hybridized carbons (Fsp3) is 0. The SMILES string of the molecule is O=C(O)c1ccccc1Sc1cc2n[nH]c(=O)n2cn1. The highest BCUT2D eigenvalue weighted by Crippen LogP contribution is 2.29. The monoisotopic (exact) mass is 288 g/mol. The van der Waals surface area contributed by atoms with E-state index in [-0.39, 0.29) is 11.3 Å². The highest BCUT2D eigenvalue weighted by atomic mass is 32.2. The first-order valence-corrected chi connectivity index (χ1v) is 6.40. The van der Waals surface area contributed by atoms with Crippen molar-refractivity contribution < 1.29 is 9.90 Å². The Morgan fingerprint density at radius 2 is 2.15 bits per heavy atom. The molecule has 2 aromatic heterocycles. The van der Waals surface area contributed by atoms with Gasteiger partial charge < -0.3 is 5.11 Å². The molecule has 0 aliphatic carbocycles. The maximum Gasteiger partial charge on any atom is 0.348 e. The summed E-state index contributed by atoms with van der Waals surface area (Å²) >= 11 is 1.21. The fourth-order valence-corrected chi connectivity index (χ4v) is 2.59. The van der Waals surface area contributed by atoms with Gasteiger partial charge in [-0.15, -0.1) is 0 Å². The zero-order valence-corrected chi connectivity index (χ0v) is 10.8. The lowest BCUT2D eigenvalue weighted by Crippen LogP contribution is -2.09. The van der Waals surface area contributed by atoms with Crippen molar-refractivity contribution in [2.75, 3.05) is 0 Å². The van der Waals surface area contributed by atoms with Crippen LogP contribution in [0.4, 0.5) is 0 Å². The number of aromatic amines is 1. The number of carboxylic acid groups (broad SMARTS) is 1. The Morgan fingerprint density at radius 3 is 2.95 bits per heavy atom. The number of H-pyrrole nitrogens is 1. The van der Waals surface area contributed by atoms with Gasteiger partial charge in [0.2, 0.25) is 0 Å². The maximum absolute atomic E-state index is 11.3. The van der Waals surface area contributed by atoms with Crippen LogP contribution in [0.25, 0.3) is 5.65 Å². The van der Waals surface area contributed by atoms with Gasteiger partial charge in [0.25, 0.3) is 0 Å². The van der Waals surface area contributed by atoms with Crippen molar-refractivity contribution in [2.24, 2.45) is 0 Å². The van der Waals surface area contributed by atoms with Crippen LogP contribution in [0.3, 0.4) is 0 Å². The van der Waals surface area contributed by atoms with E-state index in [9.17, 15) is 9.59 Å². The summed E-state index contributed by atoms with van der Waals surface area (Å²) in [6.45, 7) is 0. The third-order valence-electron chi connectivity index (χ3n) is 2.62. The van der Waals surface area contributed by atoms with Gasteiger partial charge >= 0.3 is 11.7 Å². The summed E-state index contributed by atoms with van der Waals surface area (Å²) in [7, 11) is 0. The first-order chi connectivity index (χ1) is 9.65. The Bertz CT molecular complexity index is 855. The van der Waals surface area contributed by atoms with Gasteiger partial charge in [0, 0.05) is 11.0 Å². The lowest BCUT2D eigenvalue weighted by atomic mass is 10.2. The Morgan fingerprint density at radius 1 is 1.35 bits per heavy atom. The summed E-state index contributed by atoms with van der Waals surface area (Å²) in [6.07, 6.45) is 1.35. The highest BCUT2D eigenvalue weighted by Gasteiger charge is 2.11. The number of fused-ring (bicyclic) bond motifs is 1. The number of hydrogen-bond acceptors (Lipinski definition) is 5. The molecule has 0 atom stereocenters. The molecule has 0 unspecified atom stereocenters. The van der Waals surface area contributed by atoms with Crippen LogP contribution in [0.1, 0.15) is 10.4 Å². The summed E-state index contributed by atoms with van der Waals surface area (Å²) in [5, 5.41) is 15.8.